The molecule has 3 heteroatoms. The normalized spacial score (nSPS) is 16.9. The van der Waals surface area contributed by atoms with Crippen molar-refractivity contribution in [3.8, 4) is 11.3 Å². The molecule has 18 heavy (non-hydrogen) atoms. The van der Waals surface area contributed by atoms with Crippen molar-refractivity contribution >= 4 is 0 Å². The van der Waals surface area contributed by atoms with E-state index >= 15 is 0 Å². The Morgan fingerprint density at radius 2 is 1.89 bits per heavy atom. The number of nitrogens with one attached hydrogen (secondary N) is 1. The predicted molar refractivity (Wildman–Crippen MR) is 71.5 cm³/mol. The Labute approximate surface area is 107 Å². The maximum Gasteiger partial charge on any atom is 0.140 e. The highest BCUT2D eigenvalue weighted by molar-refractivity contribution is 5.59. The molecule has 1 N–H and O–H groups in total. The maximum atomic E-state index is 5.51. The van der Waals surface area contributed by atoms with Gasteiger partial charge in [0.15, 0.2) is 0 Å². The molecular weight excluding hydrogens is 224 g/mol. The number of hydrogen-bond acceptors (Lipinski definition) is 3. The lowest BCUT2D eigenvalue weighted by molar-refractivity contribution is 0.329. The molecule has 3 rings (SSSR count). The standard InChI is InChI=1S/C15H18N2O/c1-11-2-4-12(5-3-11)14-10-15(18-17-14)13-6-8-16-9-7-13/h2-5,10,13,16H,6-9H2,1H3. The molecule has 0 saturated carbocycles. The molecule has 0 aliphatic carbocycles. The summed E-state index contributed by atoms with van der Waals surface area (Å²) >= 11 is 0. The van der Waals surface area contributed by atoms with E-state index in [2.05, 4.69) is 47.7 Å². The molecule has 2 aromatic rings. The van der Waals surface area contributed by atoms with E-state index in [4.69, 9.17) is 4.52 Å². The van der Waals surface area contributed by atoms with Crippen molar-refractivity contribution in [3.63, 3.8) is 0 Å². The van der Waals surface area contributed by atoms with Crippen molar-refractivity contribution in [1.82, 2.24) is 10.5 Å². The lowest BCUT2D eigenvalue weighted by Crippen LogP contribution is -2.26. The number of rotatable bonds is 2. The second-order valence-corrected chi connectivity index (χ2v) is 5.00. The lowest BCUT2D eigenvalue weighted by atomic mass is 9.95. The SMILES string of the molecule is Cc1ccc(-c2cc(C3CCNCC3)on2)cc1. The third kappa shape index (κ3) is 2.31. The first kappa shape index (κ1) is 11.5. The quantitative estimate of drug-likeness (QED) is 0.879. The first-order valence-electron chi connectivity index (χ1n) is 6.57. The van der Waals surface area contributed by atoms with Crippen LogP contribution in [0.5, 0.6) is 0 Å². The van der Waals surface area contributed by atoms with Crippen molar-refractivity contribution in [2.24, 2.45) is 0 Å². The van der Waals surface area contributed by atoms with Gasteiger partial charge in [0, 0.05) is 17.5 Å². The van der Waals surface area contributed by atoms with Crippen LogP contribution in [0, 0.1) is 6.92 Å². The smallest absolute Gasteiger partial charge is 0.140 e. The van der Waals surface area contributed by atoms with Gasteiger partial charge in [-0.1, -0.05) is 35.0 Å². The molecule has 1 aromatic heterocycles. The van der Waals surface area contributed by atoms with Gasteiger partial charge in [0.25, 0.3) is 0 Å². The highest BCUT2D eigenvalue weighted by atomic mass is 16.5. The zero-order valence-electron chi connectivity index (χ0n) is 10.6. The van der Waals surface area contributed by atoms with Gasteiger partial charge in [-0.05, 0) is 32.9 Å². The van der Waals surface area contributed by atoms with E-state index in [0.29, 0.717) is 5.92 Å². The van der Waals surface area contributed by atoms with E-state index in [1.54, 1.807) is 0 Å². The Bertz CT molecular complexity index is 510. The molecule has 0 bridgehead atoms. The van der Waals surface area contributed by atoms with Crippen LogP contribution >= 0.6 is 0 Å². The highest BCUT2D eigenvalue weighted by Gasteiger charge is 2.19. The minimum absolute atomic E-state index is 0.526. The van der Waals surface area contributed by atoms with Crippen LogP contribution in [-0.4, -0.2) is 18.2 Å². The molecule has 0 unspecified atom stereocenters. The number of hydrogen-bond donors (Lipinski definition) is 1. The summed E-state index contributed by atoms with van der Waals surface area (Å²) in [6.07, 6.45) is 2.28. The van der Waals surface area contributed by atoms with Gasteiger partial charge in [0.2, 0.25) is 0 Å². The molecule has 1 saturated heterocycles. The third-order valence-electron chi connectivity index (χ3n) is 3.62. The Kier molecular flexibility index (Phi) is 3.15. The fourth-order valence-electron chi connectivity index (χ4n) is 2.45. The molecule has 0 radical (unpaired) electrons. The Morgan fingerprint density at radius 1 is 1.17 bits per heavy atom. The summed E-state index contributed by atoms with van der Waals surface area (Å²) < 4.78 is 5.51. The number of piperidine rings is 1. The van der Waals surface area contributed by atoms with Gasteiger partial charge < -0.3 is 9.84 Å². The van der Waals surface area contributed by atoms with Crippen LogP contribution < -0.4 is 5.32 Å². The van der Waals surface area contributed by atoms with Crippen molar-refractivity contribution in [2.45, 2.75) is 25.7 Å². The summed E-state index contributed by atoms with van der Waals surface area (Å²) in [7, 11) is 0. The van der Waals surface area contributed by atoms with E-state index in [-0.39, 0.29) is 0 Å². The highest BCUT2D eigenvalue weighted by Crippen LogP contribution is 2.28. The largest absolute Gasteiger partial charge is 0.360 e. The Hall–Kier alpha value is -1.61. The van der Waals surface area contributed by atoms with Crippen LogP contribution in [0.25, 0.3) is 11.3 Å². The topological polar surface area (TPSA) is 38.1 Å². The fraction of sp³-hybridized carbons (Fsp3) is 0.400. The molecule has 3 nitrogen and oxygen atoms in total. The average molecular weight is 242 g/mol. The number of aromatic nitrogens is 1. The predicted octanol–water partition coefficient (Wildman–Crippen LogP) is 3.12. The molecule has 1 fully saturated rings. The molecule has 2 heterocycles. The molecule has 0 spiro atoms. The Morgan fingerprint density at radius 3 is 2.61 bits per heavy atom. The zero-order chi connectivity index (χ0) is 12.4. The average Bonchev–Trinajstić information content (AvgIpc) is 2.90. The van der Waals surface area contributed by atoms with Gasteiger partial charge >= 0.3 is 0 Å². The van der Waals surface area contributed by atoms with Gasteiger partial charge in [0.1, 0.15) is 11.5 Å². The third-order valence-corrected chi connectivity index (χ3v) is 3.62. The molecule has 1 aliphatic rings. The summed E-state index contributed by atoms with van der Waals surface area (Å²) in [6, 6.07) is 10.5. The number of aryl methyl sites for hydroxylation is 1. The maximum absolute atomic E-state index is 5.51. The van der Waals surface area contributed by atoms with Crippen LogP contribution in [-0.2, 0) is 0 Å². The second-order valence-electron chi connectivity index (χ2n) is 5.00. The fourth-order valence-corrected chi connectivity index (χ4v) is 2.45. The number of nitrogens with zero attached hydrogens (tertiary/aromatic N) is 1. The molecule has 0 atom stereocenters. The van der Waals surface area contributed by atoms with E-state index in [1.807, 2.05) is 0 Å². The van der Waals surface area contributed by atoms with E-state index in [0.717, 1.165) is 42.9 Å². The van der Waals surface area contributed by atoms with Gasteiger partial charge in [-0.2, -0.15) is 0 Å². The van der Waals surface area contributed by atoms with Crippen LogP contribution in [0.15, 0.2) is 34.9 Å². The minimum Gasteiger partial charge on any atom is -0.360 e. The zero-order valence-corrected chi connectivity index (χ0v) is 10.6. The molecule has 1 aromatic carbocycles. The van der Waals surface area contributed by atoms with Gasteiger partial charge in [0.05, 0.1) is 0 Å². The van der Waals surface area contributed by atoms with Gasteiger partial charge in [-0.15, -0.1) is 0 Å². The van der Waals surface area contributed by atoms with E-state index in [9.17, 15) is 0 Å². The van der Waals surface area contributed by atoms with Crippen molar-refractivity contribution in [1.29, 1.82) is 0 Å². The monoisotopic (exact) mass is 242 g/mol. The van der Waals surface area contributed by atoms with Crippen molar-refractivity contribution in [2.75, 3.05) is 13.1 Å². The number of benzene rings is 1. The first-order chi connectivity index (χ1) is 8.83. The van der Waals surface area contributed by atoms with Crippen molar-refractivity contribution in [3.05, 3.63) is 41.7 Å². The summed E-state index contributed by atoms with van der Waals surface area (Å²) in [5.74, 6) is 1.56. The molecule has 0 amide bonds. The van der Waals surface area contributed by atoms with Crippen LogP contribution in [0.2, 0.25) is 0 Å². The summed E-state index contributed by atoms with van der Waals surface area (Å²) in [5.41, 5.74) is 3.34. The van der Waals surface area contributed by atoms with Crippen LogP contribution in [0.4, 0.5) is 0 Å². The lowest BCUT2D eigenvalue weighted by Gasteiger charge is -2.19. The minimum atomic E-state index is 0.526. The molecular formula is C15H18N2O. The van der Waals surface area contributed by atoms with E-state index < -0.39 is 0 Å². The van der Waals surface area contributed by atoms with Crippen LogP contribution in [0.1, 0.15) is 30.1 Å². The second kappa shape index (κ2) is 4.94. The Balaban J connectivity index is 1.82. The van der Waals surface area contributed by atoms with Crippen molar-refractivity contribution < 1.29 is 4.52 Å². The van der Waals surface area contributed by atoms with E-state index in [1.165, 1.54) is 5.56 Å². The van der Waals surface area contributed by atoms with Gasteiger partial charge in [-0.3, -0.25) is 0 Å². The summed E-state index contributed by atoms with van der Waals surface area (Å²) in [4.78, 5) is 0. The molecule has 1 aliphatic heterocycles. The summed E-state index contributed by atoms with van der Waals surface area (Å²) in [5, 5.41) is 7.56. The van der Waals surface area contributed by atoms with Gasteiger partial charge in [-0.25, -0.2) is 0 Å². The summed E-state index contributed by atoms with van der Waals surface area (Å²) in [6.45, 7) is 4.24. The molecule has 94 valence electrons. The first-order valence-corrected chi connectivity index (χ1v) is 6.57. The van der Waals surface area contributed by atoms with Crippen LogP contribution in [0.3, 0.4) is 0 Å².